The van der Waals surface area contributed by atoms with E-state index in [1.165, 1.54) is 0 Å². The van der Waals surface area contributed by atoms with Gasteiger partial charge in [-0.25, -0.2) is 9.78 Å². The predicted octanol–water partition coefficient (Wildman–Crippen LogP) is 4.09. The van der Waals surface area contributed by atoms with E-state index in [4.69, 9.17) is 4.98 Å². The molecule has 7 heteroatoms. The van der Waals surface area contributed by atoms with Crippen LogP contribution in [0.25, 0.3) is 21.3 Å². The highest BCUT2D eigenvalue weighted by Crippen LogP contribution is 2.36. The number of carbonyl (C=O) groups is 1. The summed E-state index contributed by atoms with van der Waals surface area (Å²) < 4.78 is 4.52. The lowest BCUT2D eigenvalue weighted by Crippen LogP contribution is -2.39. The van der Waals surface area contributed by atoms with E-state index in [9.17, 15) is 9.59 Å². The molecule has 0 spiro atoms. The van der Waals surface area contributed by atoms with Crippen molar-refractivity contribution >= 4 is 38.5 Å². The Labute approximate surface area is 178 Å². The summed E-state index contributed by atoms with van der Waals surface area (Å²) in [5.74, 6) is 0.0961. The molecule has 2 aromatic carbocycles. The van der Waals surface area contributed by atoms with E-state index < -0.39 is 0 Å². The van der Waals surface area contributed by atoms with Crippen LogP contribution in [0.3, 0.4) is 0 Å². The van der Waals surface area contributed by atoms with Crippen LogP contribution in [0.2, 0.25) is 0 Å². The second-order valence-corrected chi connectivity index (χ2v) is 8.91. The number of amides is 1. The Morgan fingerprint density at radius 1 is 1.10 bits per heavy atom. The van der Waals surface area contributed by atoms with Gasteiger partial charge in [0.2, 0.25) is 5.91 Å². The van der Waals surface area contributed by atoms with Crippen LogP contribution in [0.5, 0.6) is 0 Å². The average molecular weight is 421 g/mol. The molecule has 0 N–H and O–H groups in total. The molecule has 0 saturated carbocycles. The molecule has 6 nitrogen and oxygen atoms in total. The molecule has 1 fully saturated rings. The number of imidazole rings is 1. The van der Waals surface area contributed by atoms with Crippen LogP contribution >= 0.6 is 11.3 Å². The van der Waals surface area contributed by atoms with E-state index in [0.717, 1.165) is 52.1 Å². The molecule has 30 heavy (non-hydrogen) atoms. The zero-order chi connectivity index (χ0) is 20.7. The molecule has 0 aliphatic carbocycles. The van der Waals surface area contributed by atoms with Gasteiger partial charge in [0.15, 0.2) is 0 Å². The molecule has 5 rings (SSSR count). The molecule has 1 aliphatic heterocycles. The van der Waals surface area contributed by atoms with Crippen molar-refractivity contribution in [2.24, 2.45) is 7.05 Å². The Morgan fingerprint density at radius 2 is 1.87 bits per heavy atom. The number of para-hydroxylation sites is 3. The van der Waals surface area contributed by atoms with Crippen LogP contribution in [0, 0.1) is 0 Å². The minimum Gasteiger partial charge on any atom is -0.333 e. The number of nitrogens with zero attached hydrogens (tertiary/aromatic N) is 4. The molecule has 1 atom stereocenters. The molecule has 3 heterocycles. The fraction of sp³-hybridized carbons (Fsp3) is 0.348. The predicted molar refractivity (Wildman–Crippen MR) is 120 cm³/mol. The van der Waals surface area contributed by atoms with Gasteiger partial charge >= 0.3 is 5.69 Å². The molecule has 0 bridgehead atoms. The van der Waals surface area contributed by atoms with Gasteiger partial charge in [0.25, 0.3) is 0 Å². The van der Waals surface area contributed by atoms with Crippen LogP contribution in [0.15, 0.2) is 53.3 Å². The Hall–Kier alpha value is -2.93. The number of hydrogen-bond donors (Lipinski definition) is 0. The molecular formula is C23H24N4O2S. The molecule has 4 aromatic rings. The lowest BCUT2D eigenvalue weighted by Gasteiger charge is -2.34. The van der Waals surface area contributed by atoms with E-state index in [2.05, 4.69) is 6.07 Å². The molecular weight excluding hydrogens is 396 g/mol. The lowest BCUT2D eigenvalue weighted by molar-refractivity contribution is -0.135. The second-order valence-electron chi connectivity index (χ2n) is 7.85. The van der Waals surface area contributed by atoms with Crippen LogP contribution in [-0.4, -0.2) is 31.5 Å². The van der Waals surface area contributed by atoms with Gasteiger partial charge in [0.05, 0.1) is 27.3 Å². The number of thiazole rings is 1. The first kappa shape index (κ1) is 19.1. The van der Waals surface area contributed by atoms with Gasteiger partial charge in [-0.3, -0.25) is 13.9 Å². The second kappa shape index (κ2) is 7.72. The lowest BCUT2D eigenvalue weighted by atomic mass is 10.0. The van der Waals surface area contributed by atoms with Crippen LogP contribution in [0.4, 0.5) is 0 Å². The van der Waals surface area contributed by atoms with Crippen LogP contribution in [-0.2, 0) is 18.4 Å². The van der Waals surface area contributed by atoms with E-state index in [0.29, 0.717) is 13.0 Å². The quantitative estimate of drug-likeness (QED) is 0.500. The van der Waals surface area contributed by atoms with Gasteiger partial charge in [-0.1, -0.05) is 24.3 Å². The van der Waals surface area contributed by atoms with Crippen molar-refractivity contribution in [3.63, 3.8) is 0 Å². The van der Waals surface area contributed by atoms with E-state index in [1.807, 2.05) is 47.4 Å². The zero-order valence-electron chi connectivity index (χ0n) is 17.0. The summed E-state index contributed by atoms with van der Waals surface area (Å²) >= 11 is 1.68. The maximum Gasteiger partial charge on any atom is 0.328 e. The summed E-state index contributed by atoms with van der Waals surface area (Å²) in [5.41, 5.74) is 2.68. The van der Waals surface area contributed by atoms with Gasteiger partial charge < -0.3 is 4.90 Å². The Morgan fingerprint density at radius 3 is 2.70 bits per heavy atom. The number of hydrogen-bond acceptors (Lipinski definition) is 4. The zero-order valence-corrected chi connectivity index (χ0v) is 17.8. The largest absolute Gasteiger partial charge is 0.333 e. The fourth-order valence-corrected chi connectivity index (χ4v) is 5.57. The van der Waals surface area contributed by atoms with Crippen molar-refractivity contribution in [2.45, 2.75) is 38.3 Å². The summed E-state index contributed by atoms with van der Waals surface area (Å²) in [6.45, 7) is 1.14. The van der Waals surface area contributed by atoms with Gasteiger partial charge in [-0.2, -0.15) is 0 Å². The summed E-state index contributed by atoms with van der Waals surface area (Å²) in [4.78, 5) is 32.7. The molecule has 0 radical (unpaired) electrons. The third-order valence-electron chi connectivity index (χ3n) is 6.02. The fourth-order valence-electron chi connectivity index (χ4n) is 4.45. The number of rotatable bonds is 4. The first-order chi connectivity index (χ1) is 14.6. The molecule has 1 aliphatic rings. The monoisotopic (exact) mass is 420 g/mol. The maximum absolute atomic E-state index is 13.2. The maximum atomic E-state index is 13.2. The highest BCUT2D eigenvalue weighted by atomic mass is 32.1. The van der Waals surface area contributed by atoms with Crippen LogP contribution in [0.1, 0.15) is 36.7 Å². The molecule has 1 saturated heterocycles. The highest BCUT2D eigenvalue weighted by molar-refractivity contribution is 7.18. The Bertz CT molecular complexity index is 1250. The molecule has 154 valence electrons. The first-order valence-electron chi connectivity index (χ1n) is 10.4. The van der Waals surface area contributed by atoms with E-state index in [-0.39, 0.29) is 17.6 Å². The minimum absolute atomic E-state index is 0.0351. The standard InChI is InChI=1S/C23H24N4O2S/c1-25-17-9-3-4-10-18(17)27(23(25)29)15-13-21(28)26-14-7-6-11-19(26)22-24-16-8-2-5-12-20(16)30-22/h2-5,8-10,12,19H,6-7,11,13-15H2,1H3/t19-/m1/s1. The van der Waals surface area contributed by atoms with Crippen molar-refractivity contribution in [2.75, 3.05) is 6.54 Å². The van der Waals surface area contributed by atoms with E-state index >= 15 is 0 Å². The van der Waals surface area contributed by atoms with Crippen molar-refractivity contribution in [3.8, 4) is 0 Å². The minimum atomic E-state index is -0.0784. The smallest absolute Gasteiger partial charge is 0.328 e. The molecule has 0 unspecified atom stereocenters. The summed E-state index contributed by atoms with van der Waals surface area (Å²) in [5, 5.41) is 1.02. The third-order valence-corrected chi connectivity index (χ3v) is 7.16. The molecule has 1 amide bonds. The van der Waals surface area contributed by atoms with Crippen molar-refractivity contribution in [3.05, 3.63) is 64.0 Å². The number of aryl methyl sites for hydroxylation is 2. The van der Waals surface area contributed by atoms with Crippen LogP contribution < -0.4 is 5.69 Å². The number of aromatic nitrogens is 3. The van der Waals surface area contributed by atoms with Gasteiger partial charge in [-0.05, 0) is 43.5 Å². The Kier molecular flexibility index (Phi) is 4.90. The number of carbonyl (C=O) groups excluding carboxylic acids is 1. The normalized spacial score (nSPS) is 17.1. The van der Waals surface area contributed by atoms with E-state index in [1.54, 1.807) is 27.5 Å². The number of piperidine rings is 1. The number of fused-ring (bicyclic) bond motifs is 2. The first-order valence-corrected chi connectivity index (χ1v) is 11.2. The molecule has 2 aromatic heterocycles. The third kappa shape index (κ3) is 3.23. The summed E-state index contributed by atoms with van der Waals surface area (Å²) in [7, 11) is 1.77. The number of benzene rings is 2. The van der Waals surface area contributed by atoms with Crippen molar-refractivity contribution in [1.29, 1.82) is 0 Å². The van der Waals surface area contributed by atoms with Gasteiger partial charge in [0.1, 0.15) is 5.01 Å². The van der Waals surface area contributed by atoms with Crippen molar-refractivity contribution in [1.82, 2.24) is 19.0 Å². The summed E-state index contributed by atoms with van der Waals surface area (Å²) in [6, 6.07) is 15.9. The Balaban J connectivity index is 1.38. The topological polar surface area (TPSA) is 60.1 Å². The SMILES string of the molecule is Cn1c(=O)n(CCC(=O)N2CCCC[C@@H]2c2nc3ccccc3s2)c2ccccc21. The summed E-state index contributed by atoms with van der Waals surface area (Å²) in [6.07, 6.45) is 3.38. The van der Waals surface area contributed by atoms with Gasteiger partial charge in [-0.15, -0.1) is 11.3 Å². The number of likely N-dealkylation sites (tertiary alicyclic amines) is 1. The van der Waals surface area contributed by atoms with Crippen molar-refractivity contribution < 1.29 is 4.79 Å². The highest BCUT2D eigenvalue weighted by Gasteiger charge is 2.30. The average Bonchev–Trinajstić information content (AvgIpc) is 3.32. The van der Waals surface area contributed by atoms with Gasteiger partial charge in [0, 0.05) is 26.6 Å².